The van der Waals surface area contributed by atoms with Crippen LogP contribution in [-0.2, 0) is 21.8 Å². The van der Waals surface area contributed by atoms with Crippen LogP contribution in [0.3, 0.4) is 0 Å². The molecule has 0 atom stereocenters. The maximum absolute atomic E-state index is 6.22. The molecule has 0 N–H and O–H groups in total. The minimum atomic E-state index is -0.900. The van der Waals surface area contributed by atoms with E-state index in [1.807, 2.05) is 37.3 Å². The van der Waals surface area contributed by atoms with Gasteiger partial charge in [-0.25, -0.2) is 9.67 Å². The Morgan fingerprint density at radius 1 is 1.14 bits per heavy atom. The van der Waals surface area contributed by atoms with Gasteiger partial charge in [0.25, 0.3) is 0 Å². The number of aryl methyl sites for hydroxylation is 1. The topological polar surface area (TPSA) is 58.4 Å². The van der Waals surface area contributed by atoms with Gasteiger partial charge in [0.05, 0.1) is 13.2 Å². The van der Waals surface area contributed by atoms with Gasteiger partial charge >= 0.3 is 0 Å². The number of benzene rings is 2. The normalized spacial score (nSPS) is 22.2. The first-order chi connectivity index (χ1) is 13.5. The smallest absolute Gasteiger partial charge is 0.215 e. The van der Waals surface area contributed by atoms with E-state index in [0.29, 0.717) is 30.7 Å². The largest absolute Gasteiger partial charge is 0.457 e. The number of rotatable bonds is 5. The molecule has 1 saturated heterocycles. The van der Waals surface area contributed by atoms with Gasteiger partial charge in [0, 0.05) is 16.5 Å². The highest BCUT2D eigenvalue weighted by atomic mass is 35.5. The maximum atomic E-state index is 6.22. The van der Waals surface area contributed by atoms with Gasteiger partial charge < -0.3 is 14.2 Å². The first-order valence-corrected chi connectivity index (χ1v) is 9.57. The third-order valence-corrected chi connectivity index (χ3v) is 4.95. The standard InChI is InChI=1S/C21H22ClN3O3/c1-15-10-26-21(27-11-15,12-25-14-23-13-24-25)20-8-7-19(9-16(20)2)28-18-5-3-17(22)4-6-18/h3-9,13-15H,10-12H2,1-2H3. The molecule has 2 aromatic carbocycles. The Morgan fingerprint density at radius 3 is 2.50 bits per heavy atom. The van der Waals surface area contributed by atoms with Gasteiger partial charge in [-0.05, 0) is 55.0 Å². The predicted octanol–water partition coefficient (Wildman–Crippen LogP) is 4.57. The highest BCUT2D eigenvalue weighted by Gasteiger charge is 2.40. The Morgan fingerprint density at radius 2 is 1.86 bits per heavy atom. The molecule has 0 saturated carbocycles. The third-order valence-electron chi connectivity index (χ3n) is 4.70. The molecule has 0 amide bonds. The van der Waals surface area contributed by atoms with Crippen LogP contribution in [-0.4, -0.2) is 28.0 Å². The van der Waals surface area contributed by atoms with Gasteiger partial charge in [0.1, 0.15) is 30.7 Å². The second-order valence-electron chi connectivity index (χ2n) is 7.11. The summed E-state index contributed by atoms with van der Waals surface area (Å²) in [4.78, 5) is 4.03. The zero-order chi connectivity index (χ0) is 19.6. The van der Waals surface area contributed by atoms with Gasteiger partial charge in [0.2, 0.25) is 5.79 Å². The van der Waals surface area contributed by atoms with Crippen molar-refractivity contribution >= 4 is 11.6 Å². The molecule has 6 nitrogen and oxygen atoms in total. The van der Waals surface area contributed by atoms with Crippen molar-refractivity contribution in [2.75, 3.05) is 13.2 Å². The zero-order valence-corrected chi connectivity index (χ0v) is 16.6. The van der Waals surface area contributed by atoms with E-state index in [0.717, 1.165) is 22.6 Å². The monoisotopic (exact) mass is 399 g/mol. The van der Waals surface area contributed by atoms with E-state index in [4.69, 9.17) is 25.8 Å². The van der Waals surface area contributed by atoms with Crippen molar-refractivity contribution in [3.05, 3.63) is 71.3 Å². The summed E-state index contributed by atoms with van der Waals surface area (Å²) in [5, 5.41) is 4.90. The first-order valence-electron chi connectivity index (χ1n) is 9.19. The first kappa shape index (κ1) is 18.9. The van der Waals surface area contributed by atoms with Crippen LogP contribution in [0.15, 0.2) is 55.1 Å². The molecule has 0 aliphatic carbocycles. The van der Waals surface area contributed by atoms with Crippen molar-refractivity contribution in [2.45, 2.75) is 26.2 Å². The second kappa shape index (κ2) is 7.91. The van der Waals surface area contributed by atoms with Crippen LogP contribution in [0.4, 0.5) is 0 Å². The fourth-order valence-corrected chi connectivity index (χ4v) is 3.39. The average Bonchev–Trinajstić information content (AvgIpc) is 3.19. The Labute approximate surface area is 169 Å². The number of aromatic nitrogens is 3. The molecule has 28 heavy (non-hydrogen) atoms. The van der Waals surface area contributed by atoms with Gasteiger partial charge in [-0.1, -0.05) is 18.5 Å². The van der Waals surface area contributed by atoms with Gasteiger partial charge in [-0.3, -0.25) is 0 Å². The summed E-state index contributed by atoms with van der Waals surface area (Å²) in [6, 6.07) is 13.2. The fourth-order valence-electron chi connectivity index (χ4n) is 3.27. The fraction of sp³-hybridized carbons (Fsp3) is 0.333. The van der Waals surface area contributed by atoms with Crippen LogP contribution >= 0.6 is 11.6 Å². The lowest BCUT2D eigenvalue weighted by Crippen LogP contribution is -2.45. The van der Waals surface area contributed by atoms with E-state index in [9.17, 15) is 0 Å². The van der Waals surface area contributed by atoms with Gasteiger partial charge in [0.15, 0.2) is 0 Å². The van der Waals surface area contributed by atoms with Crippen LogP contribution in [0.5, 0.6) is 11.5 Å². The second-order valence-corrected chi connectivity index (χ2v) is 7.54. The number of halogens is 1. The molecular formula is C21H22ClN3O3. The molecule has 4 rings (SSSR count). The van der Waals surface area contributed by atoms with E-state index < -0.39 is 5.79 Å². The lowest BCUT2D eigenvalue weighted by atomic mass is 9.98. The summed E-state index contributed by atoms with van der Waals surface area (Å²) >= 11 is 5.94. The summed E-state index contributed by atoms with van der Waals surface area (Å²) in [5.74, 6) is 0.913. The van der Waals surface area contributed by atoms with E-state index in [2.05, 4.69) is 17.0 Å². The lowest BCUT2D eigenvalue weighted by molar-refractivity contribution is -0.298. The SMILES string of the molecule is Cc1cc(Oc2ccc(Cl)cc2)ccc1C1(Cn2cncn2)OCC(C)CO1. The molecule has 7 heteroatoms. The summed E-state index contributed by atoms with van der Waals surface area (Å²) in [6.07, 6.45) is 3.18. The van der Waals surface area contributed by atoms with E-state index in [1.165, 1.54) is 6.33 Å². The van der Waals surface area contributed by atoms with Crippen LogP contribution < -0.4 is 4.74 Å². The van der Waals surface area contributed by atoms with Gasteiger partial charge in [-0.2, -0.15) is 5.10 Å². The maximum Gasteiger partial charge on any atom is 0.215 e. The predicted molar refractivity (Wildman–Crippen MR) is 105 cm³/mol. The Bertz CT molecular complexity index is 921. The molecule has 0 spiro atoms. The molecule has 0 bridgehead atoms. The van der Waals surface area contributed by atoms with Crippen molar-refractivity contribution in [3.63, 3.8) is 0 Å². The Hall–Kier alpha value is -2.41. The van der Waals surface area contributed by atoms with E-state index >= 15 is 0 Å². The molecule has 3 aromatic rings. The average molecular weight is 400 g/mol. The van der Waals surface area contributed by atoms with Gasteiger partial charge in [-0.15, -0.1) is 0 Å². The Balaban J connectivity index is 1.62. The van der Waals surface area contributed by atoms with Crippen molar-refractivity contribution in [3.8, 4) is 11.5 Å². The minimum Gasteiger partial charge on any atom is -0.457 e. The highest BCUT2D eigenvalue weighted by molar-refractivity contribution is 6.30. The number of ether oxygens (including phenoxy) is 3. The number of hydrogen-bond donors (Lipinski definition) is 0. The van der Waals surface area contributed by atoms with Crippen molar-refractivity contribution in [1.82, 2.24) is 14.8 Å². The Kier molecular flexibility index (Phi) is 5.35. The molecule has 2 heterocycles. The highest BCUT2D eigenvalue weighted by Crippen LogP contribution is 2.37. The van der Waals surface area contributed by atoms with Crippen LogP contribution in [0.2, 0.25) is 5.02 Å². The van der Waals surface area contributed by atoms with Crippen LogP contribution in [0, 0.1) is 12.8 Å². The lowest BCUT2D eigenvalue weighted by Gasteiger charge is -2.40. The van der Waals surface area contributed by atoms with E-state index in [1.54, 1.807) is 23.1 Å². The minimum absolute atomic E-state index is 0.344. The zero-order valence-electron chi connectivity index (χ0n) is 15.8. The molecule has 1 aliphatic heterocycles. The summed E-state index contributed by atoms with van der Waals surface area (Å²) in [7, 11) is 0. The molecule has 1 fully saturated rings. The molecule has 1 aliphatic rings. The van der Waals surface area contributed by atoms with E-state index in [-0.39, 0.29) is 0 Å². The quantitative estimate of drug-likeness (QED) is 0.629. The summed E-state index contributed by atoms with van der Waals surface area (Å²) in [5.41, 5.74) is 1.97. The summed E-state index contributed by atoms with van der Waals surface area (Å²) < 4.78 is 20.1. The third kappa shape index (κ3) is 4.04. The molecule has 0 unspecified atom stereocenters. The molecule has 1 aromatic heterocycles. The summed E-state index contributed by atoms with van der Waals surface area (Å²) in [6.45, 7) is 5.81. The van der Waals surface area contributed by atoms with Crippen molar-refractivity contribution < 1.29 is 14.2 Å². The van der Waals surface area contributed by atoms with Crippen molar-refractivity contribution in [2.24, 2.45) is 5.92 Å². The number of hydrogen-bond acceptors (Lipinski definition) is 5. The molecule has 0 radical (unpaired) electrons. The van der Waals surface area contributed by atoms with Crippen LogP contribution in [0.25, 0.3) is 0 Å². The van der Waals surface area contributed by atoms with Crippen LogP contribution in [0.1, 0.15) is 18.1 Å². The van der Waals surface area contributed by atoms with Crippen molar-refractivity contribution in [1.29, 1.82) is 0 Å². The molecule has 146 valence electrons. The number of nitrogens with zero attached hydrogens (tertiary/aromatic N) is 3. The molecular weight excluding hydrogens is 378 g/mol.